The molecule has 3 aromatic rings. The van der Waals surface area contributed by atoms with Crippen molar-refractivity contribution in [2.45, 2.75) is 25.3 Å². The van der Waals surface area contributed by atoms with E-state index in [0.29, 0.717) is 5.92 Å². The fraction of sp³-hybridized carbons (Fsp3) is 0.368. The molecule has 5 nitrogen and oxygen atoms in total. The molecule has 24 heavy (non-hydrogen) atoms. The number of aryl methyl sites for hydroxylation is 1. The largest absolute Gasteiger partial charge is 0.359 e. The Balaban J connectivity index is 1.36. The smallest absolute Gasteiger partial charge is 0.151 e. The summed E-state index contributed by atoms with van der Waals surface area (Å²) < 4.78 is 7.54. The Labute approximate surface area is 141 Å². The van der Waals surface area contributed by atoms with Gasteiger partial charge < -0.3 is 4.52 Å². The van der Waals surface area contributed by atoms with Crippen LogP contribution in [-0.4, -0.2) is 32.9 Å². The molecule has 124 valence electrons. The fourth-order valence-corrected chi connectivity index (χ4v) is 3.52. The molecule has 0 atom stereocenters. The molecule has 1 fully saturated rings. The van der Waals surface area contributed by atoms with E-state index in [0.717, 1.165) is 36.7 Å². The maximum atomic E-state index is 5.53. The van der Waals surface area contributed by atoms with Gasteiger partial charge in [-0.2, -0.15) is 5.10 Å². The number of hydrogen-bond acceptors (Lipinski definition) is 4. The maximum absolute atomic E-state index is 5.53. The Morgan fingerprint density at radius 1 is 1.12 bits per heavy atom. The minimum atomic E-state index is 0.614. The molecule has 0 amide bonds. The minimum Gasteiger partial charge on any atom is -0.359 e. The van der Waals surface area contributed by atoms with Crippen molar-refractivity contribution in [3.8, 4) is 11.3 Å². The fourth-order valence-electron chi connectivity index (χ4n) is 3.52. The van der Waals surface area contributed by atoms with Gasteiger partial charge in [0.1, 0.15) is 5.69 Å². The van der Waals surface area contributed by atoms with E-state index >= 15 is 0 Å². The summed E-state index contributed by atoms with van der Waals surface area (Å²) in [6.45, 7) is 2.99. The van der Waals surface area contributed by atoms with Crippen molar-refractivity contribution >= 4 is 0 Å². The van der Waals surface area contributed by atoms with E-state index in [1.165, 1.54) is 18.5 Å². The van der Waals surface area contributed by atoms with E-state index in [4.69, 9.17) is 4.52 Å². The summed E-state index contributed by atoms with van der Waals surface area (Å²) >= 11 is 0. The molecule has 0 unspecified atom stereocenters. The Bertz CT molecular complexity index is 785. The van der Waals surface area contributed by atoms with Gasteiger partial charge in [0, 0.05) is 36.5 Å². The van der Waals surface area contributed by atoms with Gasteiger partial charge in [-0.3, -0.25) is 9.58 Å². The van der Waals surface area contributed by atoms with E-state index in [1.54, 1.807) is 0 Å². The summed E-state index contributed by atoms with van der Waals surface area (Å²) in [6, 6.07) is 14.4. The first-order valence-electron chi connectivity index (χ1n) is 8.51. The van der Waals surface area contributed by atoms with E-state index in [2.05, 4.69) is 39.4 Å². The minimum absolute atomic E-state index is 0.614. The zero-order valence-electron chi connectivity index (χ0n) is 13.9. The van der Waals surface area contributed by atoms with Crippen LogP contribution >= 0.6 is 0 Å². The number of piperidine rings is 1. The standard InChI is InChI=1S/C19H22N4O/c1-22-19(7-10-20-22)16-8-11-23(12-9-16)14-17-13-18(21-24-17)15-5-3-2-4-6-15/h2-7,10,13,16H,8-9,11-12,14H2,1H3. The average molecular weight is 322 g/mol. The monoisotopic (exact) mass is 322 g/mol. The van der Waals surface area contributed by atoms with Crippen LogP contribution in [-0.2, 0) is 13.6 Å². The van der Waals surface area contributed by atoms with Crippen molar-refractivity contribution < 1.29 is 4.52 Å². The number of aromatic nitrogens is 3. The third-order valence-electron chi connectivity index (χ3n) is 4.87. The molecule has 0 aliphatic carbocycles. The molecule has 0 N–H and O–H groups in total. The molecule has 2 aromatic heterocycles. The van der Waals surface area contributed by atoms with Crippen molar-refractivity contribution in [3.05, 3.63) is 60.1 Å². The molecule has 0 saturated carbocycles. The van der Waals surface area contributed by atoms with Crippen LogP contribution in [0.5, 0.6) is 0 Å². The zero-order chi connectivity index (χ0) is 16.4. The van der Waals surface area contributed by atoms with Crippen LogP contribution in [0.1, 0.15) is 30.2 Å². The first-order chi connectivity index (χ1) is 11.8. The molecule has 1 aliphatic heterocycles. The molecule has 0 radical (unpaired) electrons. The van der Waals surface area contributed by atoms with Crippen LogP contribution in [0.4, 0.5) is 0 Å². The van der Waals surface area contributed by atoms with E-state index < -0.39 is 0 Å². The number of hydrogen-bond donors (Lipinski definition) is 0. The number of benzene rings is 1. The van der Waals surface area contributed by atoms with Crippen LogP contribution in [0.15, 0.2) is 53.2 Å². The highest BCUT2D eigenvalue weighted by molar-refractivity contribution is 5.58. The second-order valence-corrected chi connectivity index (χ2v) is 6.47. The van der Waals surface area contributed by atoms with Gasteiger partial charge >= 0.3 is 0 Å². The summed E-state index contributed by atoms with van der Waals surface area (Å²) in [5.74, 6) is 1.55. The lowest BCUT2D eigenvalue weighted by Gasteiger charge is -2.31. The van der Waals surface area contributed by atoms with E-state index in [1.807, 2.05) is 36.1 Å². The molecule has 1 aliphatic rings. The molecular formula is C19H22N4O. The van der Waals surface area contributed by atoms with Crippen LogP contribution in [0.3, 0.4) is 0 Å². The van der Waals surface area contributed by atoms with Gasteiger partial charge in [-0.1, -0.05) is 35.5 Å². The summed E-state index contributed by atoms with van der Waals surface area (Å²) in [7, 11) is 2.03. The highest BCUT2D eigenvalue weighted by Crippen LogP contribution is 2.28. The molecule has 0 bridgehead atoms. The SMILES string of the molecule is Cn1nccc1C1CCN(Cc2cc(-c3ccccc3)no2)CC1. The Hall–Kier alpha value is -2.40. The zero-order valence-corrected chi connectivity index (χ0v) is 13.9. The van der Waals surface area contributed by atoms with Crippen molar-refractivity contribution in [3.63, 3.8) is 0 Å². The second kappa shape index (κ2) is 6.61. The summed E-state index contributed by atoms with van der Waals surface area (Å²) in [5.41, 5.74) is 3.36. The molecular weight excluding hydrogens is 300 g/mol. The van der Waals surface area contributed by atoms with Crippen LogP contribution in [0.2, 0.25) is 0 Å². The number of nitrogens with zero attached hydrogens (tertiary/aromatic N) is 4. The van der Waals surface area contributed by atoms with Crippen molar-refractivity contribution in [2.24, 2.45) is 7.05 Å². The topological polar surface area (TPSA) is 47.1 Å². The lowest BCUT2D eigenvalue weighted by Crippen LogP contribution is -2.32. The molecule has 1 aromatic carbocycles. The Kier molecular flexibility index (Phi) is 4.17. The molecule has 4 rings (SSSR count). The van der Waals surface area contributed by atoms with Crippen molar-refractivity contribution in [1.29, 1.82) is 0 Å². The lowest BCUT2D eigenvalue weighted by atomic mass is 9.93. The molecule has 1 saturated heterocycles. The Morgan fingerprint density at radius 3 is 2.62 bits per heavy atom. The van der Waals surface area contributed by atoms with Gasteiger partial charge in [0.15, 0.2) is 5.76 Å². The first kappa shape index (κ1) is 15.1. The summed E-state index contributed by atoms with van der Waals surface area (Å²) in [5, 5.41) is 8.50. The van der Waals surface area contributed by atoms with Crippen LogP contribution < -0.4 is 0 Å². The van der Waals surface area contributed by atoms with Gasteiger partial charge in [-0.15, -0.1) is 0 Å². The van der Waals surface area contributed by atoms with Gasteiger partial charge in [0.05, 0.1) is 6.54 Å². The van der Waals surface area contributed by atoms with Crippen molar-refractivity contribution in [1.82, 2.24) is 19.8 Å². The highest BCUT2D eigenvalue weighted by atomic mass is 16.5. The van der Waals surface area contributed by atoms with Gasteiger partial charge in [-0.25, -0.2) is 0 Å². The lowest BCUT2D eigenvalue weighted by molar-refractivity contribution is 0.182. The second-order valence-electron chi connectivity index (χ2n) is 6.47. The predicted molar refractivity (Wildman–Crippen MR) is 92.4 cm³/mol. The van der Waals surface area contributed by atoms with Gasteiger partial charge in [0.25, 0.3) is 0 Å². The number of rotatable bonds is 4. The van der Waals surface area contributed by atoms with Crippen LogP contribution in [0.25, 0.3) is 11.3 Å². The molecule has 0 spiro atoms. The van der Waals surface area contributed by atoms with Gasteiger partial charge in [0.2, 0.25) is 0 Å². The first-order valence-corrected chi connectivity index (χ1v) is 8.51. The predicted octanol–water partition coefficient (Wildman–Crippen LogP) is 3.45. The highest BCUT2D eigenvalue weighted by Gasteiger charge is 2.23. The van der Waals surface area contributed by atoms with Crippen LogP contribution in [0, 0.1) is 0 Å². The normalized spacial score (nSPS) is 16.5. The van der Waals surface area contributed by atoms with Crippen molar-refractivity contribution in [2.75, 3.05) is 13.1 Å². The van der Waals surface area contributed by atoms with E-state index in [9.17, 15) is 0 Å². The number of likely N-dealkylation sites (tertiary alicyclic amines) is 1. The average Bonchev–Trinajstić information content (AvgIpc) is 3.26. The Morgan fingerprint density at radius 2 is 1.92 bits per heavy atom. The maximum Gasteiger partial charge on any atom is 0.151 e. The third-order valence-corrected chi connectivity index (χ3v) is 4.87. The van der Waals surface area contributed by atoms with Gasteiger partial charge in [-0.05, 0) is 32.0 Å². The molecule has 5 heteroatoms. The summed E-state index contributed by atoms with van der Waals surface area (Å²) in [4.78, 5) is 2.45. The summed E-state index contributed by atoms with van der Waals surface area (Å²) in [6.07, 6.45) is 4.22. The van der Waals surface area contributed by atoms with E-state index in [-0.39, 0.29) is 0 Å². The quantitative estimate of drug-likeness (QED) is 0.738. The third kappa shape index (κ3) is 3.12. The molecule has 3 heterocycles.